The second kappa shape index (κ2) is 7.73. The van der Waals surface area contributed by atoms with Crippen molar-refractivity contribution in [2.24, 2.45) is 0 Å². The van der Waals surface area contributed by atoms with Crippen LogP contribution in [-0.4, -0.2) is 31.7 Å². The van der Waals surface area contributed by atoms with Crippen LogP contribution in [0, 0.1) is 0 Å². The number of carbonyl (C=O) groups excluding carboxylic acids is 1. The number of amides is 1. The van der Waals surface area contributed by atoms with Gasteiger partial charge >= 0.3 is 0 Å². The van der Waals surface area contributed by atoms with Crippen LogP contribution < -0.4 is 5.32 Å². The highest BCUT2D eigenvalue weighted by Gasteiger charge is 2.28. The molecule has 27 heavy (non-hydrogen) atoms. The number of nitrogens with zero attached hydrogens (tertiary/aromatic N) is 1. The average molecular weight is 407 g/mol. The molecule has 0 unspecified atom stereocenters. The molecule has 5 nitrogen and oxygen atoms in total. The minimum Gasteiger partial charge on any atom is -0.326 e. The number of thiophene rings is 1. The average Bonchev–Trinajstić information content (AvgIpc) is 3.26. The van der Waals surface area contributed by atoms with Crippen LogP contribution in [-0.2, 0) is 26.7 Å². The largest absolute Gasteiger partial charge is 0.326 e. The molecule has 0 aliphatic carbocycles. The minimum absolute atomic E-state index is 0.0662. The lowest BCUT2D eigenvalue weighted by molar-refractivity contribution is -0.115. The quantitative estimate of drug-likeness (QED) is 0.816. The van der Waals surface area contributed by atoms with Crippen molar-refractivity contribution in [3.8, 4) is 0 Å². The number of rotatable bonds is 5. The molecule has 1 saturated heterocycles. The Hall–Kier alpha value is -1.70. The third-order valence-electron chi connectivity index (χ3n) is 4.67. The second-order valence-corrected chi connectivity index (χ2v) is 11.2. The van der Waals surface area contributed by atoms with Crippen LogP contribution in [0.2, 0.25) is 0 Å². The van der Waals surface area contributed by atoms with Gasteiger partial charge in [0.2, 0.25) is 5.91 Å². The lowest BCUT2D eigenvalue weighted by Gasteiger charge is -2.19. The summed E-state index contributed by atoms with van der Waals surface area (Å²) in [5.41, 5.74) is 2.02. The molecule has 0 saturated carbocycles. The van der Waals surface area contributed by atoms with Crippen molar-refractivity contribution in [3.63, 3.8) is 0 Å². The van der Waals surface area contributed by atoms with Crippen molar-refractivity contribution in [2.45, 2.75) is 49.7 Å². The van der Waals surface area contributed by atoms with E-state index in [2.05, 4.69) is 26.1 Å². The van der Waals surface area contributed by atoms with Gasteiger partial charge in [-0.15, -0.1) is 11.3 Å². The van der Waals surface area contributed by atoms with Gasteiger partial charge in [0, 0.05) is 23.7 Å². The predicted molar refractivity (Wildman–Crippen MR) is 110 cm³/mol. The van der Waals surface area contributed by atoms with Gasteiger partial charge in [0.15, 0.2) is 0 Å². The molecule has 146 valence electrons. The molecule has 3 rings (SSSR count). The summed E-state index contributed by atoms with van der Waals surface area (Å²) in [6.45, 7) is 7.60. The van der Waals surface area contributed by atoms with Crippen LogP contribution in [0.15, 0.2) is 40.6 Å². The van der Waals surface area contributed by atoms with Crippen LogP contribution in [0.3, 0.4) is 0 Å². The number of sulfonamides is 1. The zero-order valence-electron chi connectivity index (χ0n) is 16.0. The molecular weight excluding hydrogens is 380 g/mol. The fourth-order valence-corrected chi connectivity index (χ4v) is 6.09. The molecule has 0 radical (unpaired) electrons. The maximum atomic E-state index is 12.6. The van der Waals surface area contributed by atoms with Gasteiger partial charge < -0.3 is 5.32 Å². The second-order valence-electron chi connectivity index (χ2n) is 7.88. The number of benzene rings is 1. The molecule has 1 aromatic carbocycles. The van der Waals surface area contributed by atoms with Crippen molar-refractivity contribution in [3.05, 3.63) is 46.8 Å². The fourth-order valence-electron chi connectivity index (χ4n) is 3.06. The summed E-state index contributed by atoms with van der Waals surface area (Å²) in [5, 5.41) is 2.88. The van der Waals surface area contributed by atoms with Crippen LogP contribution in [0.5, 0.6) is 0 Å². The van der Waals surface area contributed by atoms with Crippen molar-refractivity contribution in [1.29, 1.82) is 0 Å². The van der Waals surface area contributed by atoms with E-state index in [1.165, 1.54) is 21.2 Å². The number of carbonyl (C=O) groups is 1. The highest BCUT2D eigenvalue weighted by atomic mass is 32.2. The van der Waals surface area contributed by atoms with Gasteiger partial charge in [0.25, 0.3) is 10.0 Å². The lowest BCUT2D eigenvalue weighted by Crippen LogP contribution is -2.27. The van der Waals surface area contributed by atoms with Crippen LogP contribution in [0.25, 0.3) is 0 Å². The molecule has 2 aromatic rings. The van der Waals surface area contributed by atoms with E-state index >= 15 is 0 Å². The Morgan fingerprint density at radius 1 is 1.07 bits per heavy atom. The first-order valence-corrected chi connectivity index (χ1v) is 11.4. The van der Waals surface area contributed by atoms with E-state index < -0.39 is 10.0 Å². The Bertz CT molecular complexity index is 903. The van der Waals surface area contributed by atoms with Crippen molar-refractivity contribution in [2.75, 3.05) is 18.4 Å². The summed E-state index contributed by atoms with van der Waals surface area (Å²) in [7, 11) is -3.41. The molecule has 1 aliphatic rings. The lowest BCUT2D eigenvalue weighted by atomic mass is 9.87. The summed E-state index contributed by atoms with van der Waals surface area (Å²) in [6.07, 6.45) is 1.99. The molecule has 0 spiro atoms. The van der Waals surface area contributed by atoms with Crippen LogP contribution in [0.1, 0.15) is 44.1 Å². The molecule has 1 fully saturated rings. The third-order valence-corrected chi connectivity index (χ3v) is 8.12. The van der Waals surface area contributed by atoms with E-state index in [1.54, 1.807) is 12.1 Å². The molecule has 0 bridgehead atoms. The Kier molecular flexibility index (Phi) is 5.74. The maximum Gasteiger partial charge on any atom is 0.252 e. The zero-order valence-corrected chi connectivity index (χ0v) is 17.6. The van der Waals surface area contributed by atoms with Gasteiger partial charge in [-0.1, -0.05) is 32.9 Å². The molecule has 2 heterocycles. The van der Waals surface area contributed by atoms with Gasteiger partial charge in [-0.05, 0) is 48.1 Å². The minimum atomic E-state index is -3.41. The van der Waals surface area contributed by atoms with Gasteiger partial charge in [0.05, 0.1) is 6.42 Å². The molecule has 1 aromatic heterocycles. The smallest absolute Gasteiger partial charge is 0.252 e. The van der Waals surface area contributed by atoms with E-state index in [4.69, 9.17) is 0 Å². The number of hydrogen-bond acceptors (Lipinski definition) is 4. The molecule has 0 atom stereocenters. The topological polar surface area (TPSA) is 66.5 Å². The van der Waals surface area contributed by atoms with E-state index in [0.717, 1.165) is 23.4 Å². The van der Waals surface area contributed by atoms with E-state index in [9.17, 15) is 13.2 Å². The van der Waals surface area contributed by atoms with Crippen molar-refractivity contribution >= 4 is 33.0 Å². The number of hydrogen-bond donors (Lipinski definition) is 1. The normalized spacial score (nSPS) is 15.8. The standard InChI is InChI=1S/C20H26N2O3S2/c1-20(2,3)15-6-8-16(9-7-15)21-18(23)14-17-10-11-19(26-17)27(24,25)22-12-4-5-13-22/h6-11H,4-5,12-14H2,1-3H3,(H,21,23). The van der Waals surface area contributed by atoms with E-state index in [0.29, 0.717) is 17.3 Å². The molecule has 7 heteroatoms. The molecular formula is C20H26N2O3S2. The summed E-state index contributed by atoms with van der Waals surface area (Å²) in [5.74, 6) is -0.148. The predicted octanol–water partition coefficient (Wildman–Crippen LogP) is 4.01. The van der Waals surface area contributed by atoms with Crippen molar-refractivity contribution < 1.29 is 13.2 Å². The number of anilines is 1. The Morgan fingerprint density at radius 3 is 2.30 bits per heavy atom. The van der Waals surface area contributed by atoms with Crippen molar-refractivity contribution in [1.82, 2.24) is 4.31 Å². The van der Waals surface area contributed by atoms with E-state index in [-0.39, 0.29) is 17.7 Å². The first-order chi connectivity index (χ1) is 12.7. The summed E-state index contributed by atoms with van der Waals surface area (Å²) < 4.78 is 27.0. The Labute approximate surface area is 165 Å². The summed E-state index contributed by atoms with van der Waals surface area (Å²) in [6, 6.07) is 11.2. The van der Waals surface area contributed by atoms with Crippen LogP contribution in [0.4, 0.5) is 5.69 Å². The summed E-state index contributed by atoms with van der Waals surface area (Å²) in [4.78, 5) is 13.1. The van der Waals surface area contributed by atoms with Crippen LogP contribution >= 0.6 is 11.3 Å². The zero-order chi connectivity index (χ0) is 19.7. The maximum absolute atomic E-state index is 12.6. The first-order valence-electron chi connectivity index (χ1n) is 9.15. The van der Waals surface area contributed by atoms with Gasteiger partial charge in [-0.2, -0.15) is 4.31 Å². The molecule has 1 N–H and O–H groups in total. The summed E-state index contributed by atoms with van der Waals surface area (Å²) >= 11 is 1.18. The Morgan fingerprint density at radius 2 is 1.70 bits per heavy atom. The van der Waals surface area contributed by atoms with Gasteiger partial charge in [-0.3, -0.25) is 4.79 Å². The van der Waals surface area contributed by atoms with E-state index in [1.807, 2.05) is 24.3 Å². The first kappa shape index (κ1) is 20.0. The Balaban J connectivity index is 1.62. The number of nitrogens with one attached hydrogen (secondary N) is 1. The molecule has 1 aliphatic heterocycles. The van der Waals surface area contributed by atoms with Gasteiger partial charge in [0.1, 0.15) is 4.21 Å². The van der Waals surface area contributed by atoms with Gasteiger partial charge in [-0.25, -0.2) is 8.42 Å². The molecule has 1 amide bonds. The highest BCUT2D eigenvalue weighted by molar-refractivity contribution is 7.91. The fraction of sp³-hybridized carbons (Fsp3) is 0.450. The monoisotopic (exact) mass is 406 g/mol. The third kappa shape index (κ3) is 4.78. The highest BCUT2D eigenvalue weighted by Crippen LogP contribution is 2.28. The SMILES string of the molecule is CC(C)(C)c1ccc(NC(=O)Cc2ccc(S(=O)(=O)N3CCCC3)s2)cc1.